The van der Waals surface area contributed by atoms with Gasteiger partial charge in [0, 0.05) is 5.56 Å². The van der Waals surface area contributed by atoms with Gasteiger partial charge < -0.3 is 14.6 Å². The van der Waals surface area contributed by atoms with Gasteiger partial charge in [0.05, 0.1) is 19.1 Å². The molecule has 1 atom stereocenters. The van der Waals surface area contributed by atoms with Gasteiger partial charge in [0.25, 0.3) is 5.91 Å². The summed E-state index contributed by atoms with van der Waals surface area (Å²) in [6, 6.07) is 4.30. The van der Waals surface area contributed by atoms with Crippen LogP contribution in [-0.4, -0.2) is 46.5 Å². The Balaban J connectivity index is 2.36. The number of nitrogens with zero attached hydrogens (tertiary/aromatic N) is 1. The highest BCUT2D eigenvalue weighted by atomic mass is 32.2. The first-order valence-electron chi connectivity index (χ1n) is 8.14. The molecule has 0 saturated carbocycles. The monoisotopic (exact) mass is 395 g/mol. The van der Waals surface area contributed by atoms with Crippen molar-refractivity contribution in [1.82, 2.24) is 4.90 Å². The number of ether oxygens (including phenoxy) is 2. The number of benzene rings is 1. The minimum absolute atomic E-state index is 0.256. The highest BCUT2D eigenvalue weighted by Crippen LogP contribution is 2.37. The van der Waals surface area contributed by atoms with Crippen molar-refractivity contribution in [3.63, 3.8) is 0 Å². The van der Waals surface area contributed by atoms with Crippen LogP contribution in [0, 0.1) is 0 Å². The summed E-state index contributed by atoms with van der Waals surface area (Å²) in [5.74, 6) is -0.237. The zero-order valence-corrected chi connectivity index (χ0v) is 16.5. The lowest BCUT2D eigenvalue weighted by Crippen LogP contribution is -2.43. The zero-order valence-electron chi connectivity index (χ0n) is 14.9. The quantitative estimate of drug-likeness (QED) is 0.533. The molecule has 1 aliphatic heterocycles. The van der Waals surface area contributed by atoms with Crippen LogP contribution in [0.4, 0.5) is 0 Å². The molecule has 1 saturated heterocycles. The predicted octanol–water partition coefficient (Wildman–Crippen LogP) is 3.55. The van der Waals surface area contributed by atoms with E-state index in [2.05, 4.69) is 0 Å². The molecule has 1 fully saturated rings. The molecule has 0 aromatic heterocycles. The highest BCUT2D eigenvalue weighted by molar-refractivity contribution is 8.26. The number of methoxy groups -OCH3 is 2. The maximum Gasteiger partial charge on any atom is 0.326 e. The molecule has 1 aromatic rings. The molecular formula is C18H21NO5S2. The van der Waals surface area contributed by atoms with Crippen molar-refractivity contribution in [2.45, 2.75) is 32.2 Å². The molecule has 1 aliphatic rings. The summed E-state index contributed by atoms with van der Waals surface area (Å²) in [6.07, 6.45) is 3.57. The summed E-state index contributed by atoms with van der Waals surface area (Å²) >= 11 is 6.37. The summed E-state index contributed by atoms with van der Waals surface area (Å²) in [5, 5.41) is 9.50. The number of unbranched alkanes of at least 4 members (excludes halogenated alkanes) is 1. The number of thiocarbonyl (C=S) groups is 1. The average molecular weight is 396 g/mol. The van der Waals surface area contributed by atoms with Crippen LogP contribution in [0.1, 0.15) is 31.7 Å². The Hall–Kier alpha value is -2.06. The highest BCUT2D eigenvalue weighted by Gasteiger charge is 2.40. The fraction of sp³-hybridized carbons (Fsp3) is 0.389. The number of hydrogen-bond acceptors (Lipinski definition) is 6. The molecular weight excluding hydrogens is 374 g/mol. The number of rotatable bonds is 8. The number of carboxylic acid groups (broad SMARTS) is 1. The number of carbonyl (C=O) groups excluding carboxylic acids is 1. The van der Waals surface area contributed by atoms with Crippen LogP contribution in [0.3, 0.4) is 0 Å². The smallest absolute Gasteiger partial charge is 0.326 e. The van der Waals surface area contributed by atoms with Gasteiger partial charge in [-0.25, -0.2) is 4.79 Å². The molecule has 6 nitrogen and oxygen atoms in total. The lowest BCUT2D eigenvalue weighted by molar-refractivity contribution is -0.145. The fourth-order valence-electron chi connectivity index (χ4n) is 2.60. The van der Waals surface area contributed by atoms with Crippen molar-refractivity contribution >= 4 is 46.3 Å². The Kier molecular flexibility index (Phi) is 7.05. The van der Waals surface area contributed by atoms with Crippen LogP contribution in [0.15, 0.2) is 23.1 Å². The minimum Gasteiger partial charge on any atom is -0.497 e. The van der Waals surface area contributed by atoms with E-state index < -0.39 is 17.9 Å². The van der Waals surface area contributed by atoms with Gasteiger partial charge in [0.1, 0.15) is 21.9 Å². The van der Waals surface area contributed by atoms with Gasteiger partial charge in [-0.2, -0.15) is 0 Å². The van der Waals surface area contributed by atoms with Gasteiger partial charge in [-0.15, -0.1) is 0 Å². The molecule has 8 heteroatoms. The van der Waals surface area contributed by atoms with E-state index >= 15 is 0 Å². The topological polar surface area (TPSA) is 76.1 Å². The molecule has 26 heavy (non-hydrogen) atoms. The molecule has 0 bridgehead atoms. The van der Waals surface area contributed by atoms with Crippen molar-refractivity contribution in [1.29, 1.82) is 0 Å². The van der Waals surface area contributed by atoms with Crippen molar-refractivity contribution in [3.05, 3.63) is 28.7 Å². The van der Waals surface area contributed by atoms with Gasteiger partial charge >= 0.3 is 5.97 Å². The third kappa shape index (κ3) is 4.37. The molecule has 0 aliphatic carbocycles. The average Bonchev–Trinajstić information content (AvgIpc) is 2.89. The fourth-order valence-corrected chi connectivity index (χ4v) is 3.95. The Labute approximate surface area is 162 Å². The maximum atomic E-state index is 12.8. The van der Waals surface area contributed by atoms with Crippen molar-refractivity contribution in [2.24, 2.45) is 0 Å². The third-order valence-electron chi connectivity index (χ3n) is 3.97. The number of hydrogen-bond donors (Lipinski definition) is 1. The number of thioether (sulfide) groups is 1. The van der Waals surface area contributed by atoms with E-state index in [1.54, 1.807) is 31.4 Å². The molecule has 1 heterocycles. The van der Waals surface area contributed by atoms with E-state index in [1.807, 2.05) is 6.92 Å². The second-order valence-corrected chi connectivity index (χ2v) is 7.33. The van der Waals surface area contributed by atoms with Crippen molar-refractivity contribution < 1.29 is 24.2 Å². The van der Waals surface area contributed by atoms with E-state index in [-0.39, 0.29) is 4.32 Å². The Morgan fingerprint density at radius 2 is 2.12 bits per heavy atom. The standard InChI is InChI=1S/C18H21NO5S2/c1-4-5-6-13(17(21)22)19-16(20)15(26-18(19)25)10-11-9-12(23-2)7-8-14(11)24-3/h7-10,13H,4-6H2,1-3H3,(H,21,22)/b15-10-/t13-/m1/s1. The molecule has 0 spiro atoms. The number of aliphatic carboxylic acids is 1. The molecule has 0 unspecified atom stereocenters. The number of amides is 1. The molecule has 140 valence electrons. The largest absolute Gasteiger partial charge is 0.497 e. The van der Waals surface area contributed by atoms with Crippen molar-refractivity contribution in [2.75, 3.05) is 14.2 Å². The Morgan fingerprint density at radius 1 is 1.38 bits per heavy atom. The maximum absolute atomic E-state index is 12.8. The van der Waals surface area contributed by atoms with Gasteiger partial charge in [0.2, 0.25) is 0 Å². The van der Waals surface area contributed by atoms with Gasteiger partial charge in [0.15, 0.2) is 0 Å². The Morgan fingerprint density at radius 3 is 2.69 bits per heavy atom. The second-order valence-electron chi connectivity index (χ2n) is 5.66. The predicted molar refractivity (Wildman–Crippen MR) is 106 cm³/mol. The Bertz CT molecular complexity index is 747. The second kappa shape index (κ2) is 9.05. The molecule has 1 N–H and O–H groups in total. The third-order valence-corrected chi connectivity index (χ3v) is 5.31. The SMILES string of the molecule is CCCC[C@H](C(=O)O)N1C(=O)/C(=C/c2cc(OC)ccc2OC)SC1=S. The van der Waals surface area contributed by atoms with Crippen LogP contribution in [-0.2, 0) is 9.59 Å². The molecule has 1 amide bonds. The van der Waals surface area contributed by atoms with Crippen LogP contribution >= 0.6 is 24.0 Å². The van der Waals surface area contributed by atoms with Crippen LogP contribution < -0.4 is 9.47 Å². The summed E-state index contributed by atoms with van der Waals surface area (Å²) in [5.41, 5.74) is 0.660. The molecule has 2 rings (SSSR count). The van der Waals surface area contributed by atoms with Gasteiger partial charge in [-0.3, -0.25) is 9.69 Å². The minimum atomic E-state index is -1.05. The van der Waals surface area contributed by atoms with Crippen LogP contribution in [0.25, 0.3) is 6.08 Å². The first-order chi connectivity index (χ1) is 12.4. The number of carboxylic acids is 1. The molecule has 0 radical (unpaired) electrons. The number of carbonyl (C=O) groups is 2. The van der Waals surface area contributed by atoms with Crippen LogP contribution in [0.5, 0.6) is 11.5 Å². The van der Waals surface area contributed by atoms with E-state index in [0.717, 1.165) is 18.2 Å². The van der Waals surface area contributed by atoms with Gasteiger partial charge in [-0.1, -0.05) is 43.7 Å². The van der Waals surface area contributed by atoms with E-state index in [1.165, 1.54) is 12.0 Å². The zero-order chi connectivity index (χ0) is 19.3. The normalized spacial score (nSPS) is 16.9. The van der Waals surface area contributed by atoms with E-state index in [9.17, 15) is 14.7 Å². The lowest BCUT2D eigenvalue weighted by atomic mass is 10.1. The first kappa shape index (κ1) is 20.3. The van der Waals surface area contributed by atoms with E-state index in [0.29, 0.717) is 34.8 Å². The summed E-state index contributed by atoms with van der Waals surface area (Å²) in [4.78, 5) is 26.0. The van der Waals surface area contributed by atoms with E-state index in [4.69, 9.17) is 21.7 Å². The van der Waals surface area contributed by atoms with Crippen LogP contribution in [0.2, 0.25) is 0 Å². The summed E-state index contributed by atoms with van der Waals surface area (Å²) in [6.45, 7) is 1.97. The van der Waals surface area contributed by atoms with Crippen molar-refractivity contribution in [3.8, 4) is 11.5 Å². The lowest BCUT2D eigenvalue weighted by Gasteiger charge is -2.22. The molecule has 1 aromatic carbocycles. The van der Waals surface area contributed by atoms with Gasteiger partial charge in [-0.05, 0) is 30.7 Å². The summed E-state index contributed by atoms with van der Waals surface area (Å²) < 4.78 is 10.8. The first-order valence-corrected chi connectivity index (χ1v) is 9.37. The summed E-state index contributed by atoms with van der Waals surface area (Å²) in [7, 11) is 3.09.